The molecule has 1 aromatic heterocycles. The molecule has 4 rings (SSSR count). The van der Waals surface area contributed by atoms with Crippen LogP contribution in [0.15, 0.2) is 12.4 Å². The molecule has 160 valence electrons. The van der Waals surface area contributed by atoms with E-state index in [2.05, 4.69) is 32.0 Å². The van der Waals surface area contributed by atoms with Gasteiger partial charge in [-0.15, -0.1) is 0 Å². The van der Waals surface area contributed by atoms with Crippen LogP contribution in [0.3, 0.4) is 0 Å². The van der Waals surface area contributed by atoms with Gasteiger partial charge in [-0.05, 0) is 40.2 Å². The Kier molecular flexibility index (Phi) is 5.31. The molecule has 8 heteroatoms. The summed E-state index contributed by atoms with van der Waals surface area (Å²) in [6.07, 6.45) is 4.80. The molecule has 1 unspecified atom stereocenters. The van der Waals surface area contributed by atoms with Gasteiger partial charge in [-0.1, -0.05) is 13.3 Å². The van der Waals surface area contributed by atoms with Crippen molar-refractivity contribution in [3.05, 3.63) is 12.4 Å². The van der Waals surface area contributed by atoms with Gasteiger partial charge in [-0.2, -0.15) is 0 Å². The number of carbonyl (C=O) groups is 1. The average Bonchev–Trinajstić information content (AvgIpc) is 2.63. The fourth-order valence-electron chi connectivity index (χ4n) is 4.55. The lowest BCUT2D eigenvalue weighted by Crippen LogP contribution is -2.72. The average molecular weight is 403 g/mol. The molecule has 1 spiro atoms. The quantitative estimate of drug-likeness (QED) is 0.830. The van der Waals surface area contributed by atoms with Crippen LogP contribution in [0.2, 0.25) is 0 Å². The zero-order valence-electron chi connectivity index (χ0n) is 18.1. The third-order valence-electron chi connectivity index (χ3n) is 6.44. The van der Waals surface area contributed by atoms with Crippen molar-refractivity contribution < 1.29 is 9.53 Å². The Balaban J connectivity index is 1.45. The number of likely N-dealkylation sites (tertiary alicyclic amines) is 1. The summed E-state index contributed by atoms with van der Waals surface area (Å²) in [5, 5.41) is 3.52. The molecule has 1 N–H and O–H groups in total. The summed E-state index contributed by atoms with van der Waals surface area (Å²) in [5.41, 5.74) is -0.332. The van der Waals surface area contributed by atoms with Gasteiger partial charge in [0.15, 0.2) is 0 Å². The highest BCUT2D eigenvalue weighted by atomic mass is 16.6. The second-order valence-corrected chi connectivity index (χ2v) is 9.55. The van der Waals surface area contributed by atoms with E-state index in [0.717, 1.165) is 63.7 Å². The molecule has 1 aromatic rings. The van der Waals surface area contributed by atoms with Gasteiger partial charge in [-0.25, -0.2) is 14.8 Å². The van der Waals surface area contributed by atoms with Gasteiger partial charge in [0.2, 0.25) is 0 Å². The van der Waals surface area contributed by atoms with Crippen molar-refractivity contribution in [3.8, 4) is 0 Å². The lowest BCUT2D eigenvalue weighted by atomic mass is 9.61. The van der Waals surface area contributed by atoms with Crippen LogP contribution in [0.25, 0.3) is 0 Å². The largest absolute Gasteiger partial charge is 0.444 e. The molecule has 29 heavy (non-hydrogen) atoms. The number of piperazine rings is 1. The zero-order chi connectivity index (χ0) is 20.6. The Bertz CT molecular complexity index is 737. The molecule has 1 saturated carbocycles. The van der Waals surface area contributed by atoms with Gasteiger partial charge < -0.3 is 19.9 Å². The van der Waals surface area contributed by atoms with E-state index in [1.165, 1.54) is 6.42 Å². The first-order valence-corrected chi connectivity index (χ1v) is 10.9. The number of hydrogen-bond acceptors (Lipinski definition) is 7. The fourth-order valence-corrected chi connectivity index (χ4v) is 4.55. The van der Waals surface area contributed by atoms with Crippen LogP contribution in [-0.2, 0) is 4.74 Å². The Hall–Kier alpha value is -2.09. The van der Waals surface area contributed by atoms with E-state index in [1.54, 1.807) is 6.33 Å². The minimum Gasteiger partial charge on any atom is -0.444 e. The Morgan fingerprint density at radius 3 is 2.55 bits per heavy atom. The van der Waals surface area contributed by atoms with Gasteiger partial charge in [0.05, 0.1) is 0 Å². The van der Waals surface area contributed by atoms with E-state index in [0.29, 0.717) is 0 Å². The van der Waals surface area contributed by atoms with Crippen molar-refractivity contribution in [3.63, 3.8) is 0 Å². The maximum atomic E-state index is 12.7. The number of amides is 1. The van der Waals surface area contributed by atoms with Crippen LogP contribution >= 0.6 is 0 Å². The van der Waals surface area contributed by atoms with Crippen LogP contribution in [0, 0.1) is 5.41 Å². The summed E-state index contributed by atoms with van der Waals surface area (Å²) in [7, 11) is 0. The van der Waals surface area contributed by atoms with Gasteiger partial charge in [0, 0.05) is 44.2 Å². The summed E-state index contributed by atoms with van der Waals surface area (Å²) in [5.74, 6) is 1.72. The second kappa shape index (κ2) is 7.63. The SMILES string of the molecule is CCN1CCN(c2cc(NC3N(C(=O)OC(C)(C)C)CC34CCC4)ncn2)CC1. The van der Waals surface area contributed by atoms with Gasteiger partial charge in [0.25, 0.3) is 0 Å². The monoisotopic (exact) mass is 402 g/mol. The van der Waals surface area contributed by atoms with Gasteiger partial charge in [-0.3, -0.25) is 4.90 Å². The highest BCUT2D eigenvalue weighted by Gasteiger charge is 2.58. The van der Waals surface area contributed by atoms with Crippen LogP contribution in [0.4, 0.5) is 16.4 Å². The number of nitrogens with zero attached hydrogens (tertiary/aromatic N) is 5. The smallest absolute Gasteiger partial charge is 0.411 e. The molecular formula is C21H34N6O2. The van der Waals surface area contributed by atoms with Crippen LogP contribution < -0.4 is 10.2 Å². The number of anilines is 2. The molecule has 8 nitrogen and oxygen atoms in total. The third kappa shape index (κ3) is 4.13. The van der Waals surface area contributed by atoms with Crippen molar-refractivity contribution in [1.82, 2.24) is 19.8 Å². The lowest BCUT2D eigenvalue weighted by Gasteiger charge is -2.61. The zero-order valence-corrected chi connectivity index (χ0v) is 18.1. The number of aromatic nitrogens is 2. The highest BCUT2D eigenvalue weighted by Crippen LogP contribution is 2.53. The molecule has 1 amide bonds. The Labute approximate surface area is 173 Å². The van der Waals surface area contributed by atoms with Crippen LogP contribution in [0.5, 0.6) is 0 Å². The third-order valence-corrected chi connectivity index (χ3v) is 6.44. The van der Waals surface area contributed by atoms with Crippen molar-refractivity contribution >= 4 is 17.7 Å². The molecule has 3 fully saturated rings. The highest BCUT2D eigenvalue weighted by molar-refractivity contribution is 5.71. The summed E-state index contributed by atoms with van der Waals surface area (Å²) >= 11 is 0. The number of nitrogens with one attached hydrogen (secondary N) is 1. The van der Waals surface area contributed by atoms with Crippen molar-refractivity contribution in [2.24, 2.45) is 5.41 Å². The summed E-state index contributed by atoms with van der Waals surface area (Å²) in [6, 6.07) is 2.01. The van der Waals surface area contributed by atoms with E-state index >= 15 is 0 Å². The van der Waals surface area contributed by atoms with E-state index in [4.69, 9.17) is 4.74 Å². The van der Waals surface area contributed by atoms with E-state index in [-0.39, 0.29) is 17.7 Å². The molecule has 2 aliphatic heterocycles. The predicted octanol–water partition coefficient (Wildman–Crippen LogP) is 2.78. The number of likely N-dealkylation sites (N-methyl/N-ethyl adjacent to an activating group) is 1. The first-order chi connectivity index (χ1) is 13.8. The maximum absolute atomic E-state index is 12.7. The Morgan fingerprint density at radius 1 is 1.24 bits per heavy atom. The molecule has 0 aromatic carbocycles. The number of ether oxygens (including phenoxy) is 1. The van der Waals surface area contributed by atoms with Gasteiger partial charge >= 0.3 is 6.09 Å². The van der Waals surface area contributed by atoms with E-state index in [9.17, 15) is 4.79 Å². The standard InChI is InChI=1S/C21H34N6O2/c1-5-25-9-11-26(12-10-25)17-13-16(22-15-23-17)24-18-21(7-6-8-21)14-27(18)19(28)29-20(2,3)4/h13,15,18H,5-12,14H2,1-4H3,(H,22,23,24). The predicted molar refractivity (Wildman–Crippen MR) is 113 cm³/mol. The first-order valence-electron chi connectivity index (χ1n) is 10.9. The molecule has 2 saturated heterocycles. The van der Waals surface area contributed by atoms with Gasteiger partial charge in [0.1, 0.15) is 29.7 Å². The first kappa shape index (κ1) is 20.2. The van der Waals surface area contributed by atoms with E-state index < -0.39 is 5.60 Å². The molecule has 3 aliphatic rings. The summed E-state index contributed by atoms with van der Waals surface area (Å²) in [6.45, 7) is 13.8. The molecule has 3 heterocycles. The van der Waals surface area contributed by atoms with Crippen molar-refractivity contribution in [1.29, 1.82) is 0 Å². The van der Waals surface area contributed by atoms with Crippen LogP contribution in [-0.4, -0.2) is 76.9 Å². The minimum atomic E-state index is -0.493. The molecule has 1 aliphatic carbocycles. The molecule has 0 bridgehead atoms. The minimum absolute atomic E-state index is 0.0641. The van der Waals surface area contributed by atoms with Crippen molar-refractivity contribution in [2.45, 2.75) is 58.7 Å². The number of rotatable bonds is 4. The molecule has 1 atom stereocenters. The number of hydrogen-bond donors (Lipinski definition) is 1. The van der Waals surface area contributed by atoms with Crippen molar-refractivity contribution in [2.75, 3.05) is 49.5 Å². The Morgan fingerprint density at radius 2 is 1.97 bits per heavy atom. The van der Waals surface area contributed by atoms with E-state index in [1.807, 2.05) is 31.7 Å². The molecular weight excluding hydrogens is 368 g/mol. The topological polar surface area (TPSA) is 73.8 Å². The second-order valence-electron chi connectivity index (χ2n) is 9.55. The summed E-state index contributed by atoms with van der Waals surface area (Å²) < 4.78 is 5.61. The normalized spacial score (nSPS) is 24.1. The lowest BCUT2D eigenvalue weighted by molar-refractivity contribution is -0.109. The van der Waals surface area contributed by atoms with Crippen LogP contribution in [0.1, 0.15) is 47.0 Å². The fraction of sp³-hybridized carbons (Fsp3) is 0.762. The molecule has 0 radical (unpaired) electrons. The maximum Gasteiger partial charge on any atom is 0.411 e. The summed E-state index contributed by atoms with van der Waals surface area (Å²) in [4.78, 5) is 28.2. The number of carbonyl (C=O) groups excluding carboxylic acids is 1.